The fraction of sp³-hybridized carbons (Fsp3) is 0.286. The predicted octanol–water partition coefficient (Wildman–Crippen LogP) is 4.36. The molecule has 0 aromatic heterocycles. The Hall–Kier alpha value is -2.70. The first-order valence-electron chi connectivity index (χ1n) is 9.21. The number of carbonyl (C=O) groups is 1. The summed E-state index contributed by atoms with van der Waals surface area (Å²) in [6.45, 7) is 2.27. The zero-order valence-electron chi connectivity index (χ0n) is 15.3. The molecule has 0 saturated carbocycles. The summed E-state index contributed by atoms with van der Waals surface area (Å²) in [5.41, 5.74) is 3.84. The van der Waals surface area contributed by atoms with Crippen molar-refractivity contribution >= 4 is 35.8 Å². The number of nitrogens with one attached hydrogen (secondary N) is 1. The molecular weight excluding hydrogens is 378 g/mol. The maximum Gasteiger partial charge on any atom is 0.276 e. The number of carbonyl (C=O) groups excluding carboxylic acids is 1. The topological polar surface area (TPSA) is 75.5 Å². The van der Waals surface area contributed by atoms with Gasteiger partial charge >= 0.3 is 0 Å². The summed E-state index contributed by atoms with van der Waals surface area (Å²) < 4.78 is 0. The van der Waals surface area contributed by atoms with Crippen LogP contribution in [0.1, 0.15) is 35.6 Å². The number of para-hydroxylation sites is 1. The first kappa shape index (κ1) is 20.0. The number of nitro benzene ring substituents is 1. The fourth-order valence-corrected chi connectivity index (χ4v) is 4.06. The van der Waals surface area contributed by atoms with Crippen LogP contribution in [-0.4, -0.2) is 28.8 Å². The van der Waals surface area contributed by atoms with E-state index >= 15 is 0 Å². The van der Waals surface area contributed by atoms with Crippen LogP contribution < -0.4 is 5.32 Å². The SMILES string of the molecule is Cl.O=C(C=Cc1ccccc1[N+](=O)[O-])Nc1ccc2c(c1)C1CCCN1CC2. The number of nitrogens with zero attached hydrogens (tertiary/aromatic N) is 2. The molecule has 6 nitrogen and oxygen atoms in total. The van der Waals surface area contributed by atoms with Crippen LogP contribution in [0.3, 0.4) is 0 Å². The molecule has 1 amide bonds. The van der Waals surface area contributed by atoms with Crippen molar-refractivity contribution in [1.82, 2.24) is 4.90 Å². The molecule has 2 aliphatic heterocycles. The lowest BCUT2D eigenvalue weighted by Gasteiger charge is -2.32. The number of amides is 1. The third-order valence-electron chi connectivity index (χ3n) is 5.35. The first-order chi connectivity index (χ1) is 13.1. The van der Waals surface area contributed by atoms with Crippen LogP contribution in [0.15, 0.2) is 48.5 Å². The molecule has 7 heteroatoms. The quantitative estimate of drug-likeness (QED) is 0.470. The molecule has 4 rings (SSSR count). The monoisotopic (exact) mass is 399 g/mol. The Kier molecular flexibility index (Phi) is 6.11. The molecule has 0 radical (unpaired) electrons. The highest BCUT2D eigenvalue weighted by Crippen LogP contribution is 2.38. The molecule has 1 atom stereocenters. The third kappa shape index (κ3) is 4.08. The smallest absolute Gasteiger partial charge is 0.276 e. The van der Waals surface area contributed by atoms with Crippen LogP contribution >= 0.6 is 12.4 Å². The lowest BCUT2D eigenvalue weighted by molar-refractivity contribution is -0.385. The summed E-state index contributed by atoms with van der Waals surface area (Å²) in [6.07, 6.45) is 6.26. The summed E-state index contributed by atoms with van der Waals surface area (Å²) in [5.74, 6) is -0.299. The van der Waals surface area contributed by atoms with E-state index in [1.165, 1.54) is 42.2 Å². The van der Waals surface area contributed by atoms with Gasteiger partial charge < -0.3 is 5.32 Å². The van der Waals surface area contributed by atoms with Crippen molar-refractivity contribution in [1.29, 1.82) is 0 Å². The summed E-state index contributed by atoms with van der Waals surface area (Å²) in [5, 5.41) is 13.9. The maximum atomic E-state index is 12.3. The van der Waals surface area contributed by atoms with Gasteiger partial charge in [0.25, 0.3) is 5.69 Å². The molecular formula is C21H22ClN3O3. The summed E-state index contributed by atoms with van der Waals surface area (Å²) in [4.78, 5) is 25.4. The molecule has 28 heavy (non-hydrogen) atoms. The Labute approximate surface area is 169 Å². The van der Waals surface area contributed by atoms with Gasteiger partial charge in [-0.1, -0.05) is 18.2 Å². The van der Waals surface area contributed by atoms with Crippen LogP contribution in [0.5, 0.6) is 0 Å². The average Bonchev–Trinajstić information content (AvgIpc) is 3.16. The molecule has 146 valence electrons. The highest BCUT2D eigenvalue weighted by Gasteiger charge is 2.31. The summed E-state index contributed by atoms with van der Waals surface area (Å²) in [7, 11) is 0. The van der Waals surface area contributed by atoms with E-state index in [2.05, 4.69) is 22.3 Å². The molecule has 0 aliphatic carbocycles. The van der Waals surface area contributed by atoms with E-state index in [1.54, 1.807) is 18.2 Å². The van der Waals surface area contributed by atoms with Crippen molar-refractivity contribution in [2.45, 2.75) is 25.3 Å². The number of fused-ring (bicyclic) bond motifs is 3. The molecule has 2 heterocycles. The third-order valence-corrected chi connectivity index (χ3v) is 5.35. The van der Waals surface area contributed by atoms with Crippen molar-refractivity contribution in [2.75, 3.05) is 18.4 Å². The van der Waals surface area contributed by atoms with Crippen LogP contribution in [0.4, 0.5) is 11.4 Å². The second-order valence-corrected chi connectivity index (χ2v) is 7.00. The summed E-state index contributed by atoms with van der Waals surface area (Å²) in [6, 6.07) is 12.9. The lowest BCUT2D eigenvalue weighted by atomic mass is 9.92. The minimum absolute atomic E-state index is 0. The van der Waals surface area contributed by atoms with Gasteiger partial charge in [0.1, 0.15) is 0 Å². The molecule has 0 spiro atoms. The Morgan fingerprint density at radius 2 is 2.04 bits per heavy atom. The van der Waals surface area contributed by atoms with Crippen molar-refractivity contribution in [3.05, 3.63) is 75.3 Å². The van der Waals surface area contributed by atoms with E-state index < -0.39 is 4.92 Å². The second kappa shape index (κ2) is 8.54. The number of anilines is 1. The van der Waals surface area contributed by atoms with Gasteiger partial charge in [-0.15, -0.1) is 12.4 Å². The normalized spacial score (nSPS) is 18.2. The van der Waals surface area contributed by atoms with E-state index in [9.17, 15) is 14.9 Å². The fourth-order valence-electron chi connectivity index (χ4n) is 4.06. The van der Waals surface area contributed by atoms with Gasteiger partial charge in [-0.2, -0.15) is 0 Å². The molecule has 2 aromatic rings. The van der Waals surface area contributed by atoms with Gasteiger partial charge in [0, 0.05) is 30.4 Å². The van der Waals surface area contributed by atoms with Crippen LogP contribution in [-0.2, 0) is 11.2 Å². The van der Waals surface area contributed by atoms with Gasteiger partial charge in [-0.3, -0.25) is 19.8 Å². The first-order valence-corrected chi connectivity index (χ1v) is 9.21. The molecule has 1 unspecified atom stereocenters. The zero-order chi connectivity index (χ0) is 18.8. The minimum atomic E-state index is -0.450. The van der Waals surface area contributed by atoms with Crippen LogP contribution in [0.25, 0.3) is 6.08 Å². The van der Waals surface area contributed by atoms with Gasteiger partial charge in [0.2, 0.25) is 5.91 Å². The van der Waals surface area contributed by atoms with Crippen LogP contribution in [0, 0.1) is 10.1 Å². The van der Waals surface area contributed by atoms with Crippen LogP contribution in [0.2, 0.25) is 0 Å². The highest BCUT2D eigenvalue weighted by atomic mass is 35.5. The van der Waals surface area contributed by atoms with Gasteiger partial charge in [-0.05, 0) is 61.2 Å². The number of benzene rings is 2. The number of hydrogen-bond donors (Lipinski definition) is 1. The largest absolute Gasteiger partial charge is 0.323 e. The van der Waals surface area contributed by atoms with Gasteiger partial charge in [-0.25, -0.2) is 0 Å². The Bertz CT molecular complexity index is 929. The average molecular weight is 400 g/mol. The summed E-state index contributed by atoms with van der Waals surface area (Å²) >= 11 is 0. The lowest BCUT2D eigenvalue weighted by Crippen LogP contribution is -2.30. The van der Waals surface area contributed by atoms with Crippen molar-refractivity contribution in [3.63, 3.8) is 0 Å². The van der Waals surface area contributed by atoms with Crippen molar-refractivity contribution in [2.24, 2.45) is 0 Å². The highest BCUT2D eigenvalue weighted by molar-refractivity contribution is 6.02. The Balaban J connectivity index is 0.00000225. The van der Waals surface area contributed by atoms with E-state index in [0.717, 1.165) is 25.2 Å². The molecule has 2 aliphatic rings. The molecule has 1 saturated heterocycles. The molecule has 1 N–H and O–H groups in total. The standard InChI is InChI=1S/C21H21N3O3.ClH/c25-21(10-8-16-4-1-2-5-19(16)24(26)27)22-17-9-7-15-11-13-23-12-3-6-20(23)18(15)14-17;/h1-2,4-5,7-10,14,20H,3,6,11-13H2,(H,22,25);1H. The van der Waals surface area contributed by atoms with Gasteiger partial charge in [0.05, 0.1) is 10.5 Å². The van der Waals surface area contributed by atoms with E-state index in [0.29, 0.717) is 11.6 Å². The molecule has 2 aromatic carbocycles. The number of rotatable bonds is 4. The van der Waals surface area contributed by atoms with Crippen molar-refractivity contribution in [3.8, 4) is 0 Å². The Morgan fingerprint density at radius 1 is 1.21 bits per heavy atom. The predicted molar refractivity (Wildman–Crippen MR) is 112 cm³/mol. The van der Waals surface area contributed by atoms with E-state index in [-0.39, 0.29) is 24.0 Å². The second-order valence-electron chi connectivity index (χ2n) is 7.00. The van der Waals surface area contributed by atoms with E-state index in [4.69, 9.17) is 0 Å². The molecule has 0 bridgehead atoms. The maximum absolute atomic E-state index is 12.3. The zero-order valence-corrected chi connectivity index (χ0v) is 16.2. The van der Waals surface area contributed by atoms with E-state index in [1.807, 2.05) is 6.07 Å². The number of hydrogen-bond acceptors (Lipinski definition) is 4. The number of halogens is 1. The Morgan fingerprint density at radius 3 is 2.86 bits per heavy atom. The minimum Gasteiger partial charge on any atom is -0.323 e. The van der Waals surface area contributed by atoms with Gasteiger partial charge in [0.15, 0.2) is 0 Å². The molecule has 1 fully saturated rings. The number of nitro groups is 1. The van der Waals surface area contributed by atoms with Crippen molar-refractivity contribution < 1.29 is 9.72 Å².